The molecule has 1 unspecified atom stereocenters. The number of carbonyl (C=O) groups excluding carboxylic acids is 1. The quantitative estimate of drug-likeness (QED) is 0.854. The van der Waals surface area contributed by atoms with Gasteiger partial charge in [0.25, 0.3) is 5.91 Å². The molecule has 0 fully saturated rings. The van der Waals surface area contributed by atoms with E-state index in [1.54, 1.807) is 0 Å². The first-order chi connectivity index (χ1) is 8.99. The van der Waals surface area contributed by atoms with Crippen molar-refractivity contribution in [3.63, 3.8) is 0 Å². The Kier molecular flexibility index (Phi) is 4.70. The summed E-state index contributed by atoms with van der Waals surface area (Å²) in [5.41, 5.74) is -3.66. The molecular formula is C11H8BrClF3NO3. The molecule has 1 amide bonds. The van der Waals surface area contributed by atoms with Gasteiger partial charge in [-0.15, -0.1) is 0 Å². The molecule has 2 N–H and O–H groups in total. The Morgan fingerprint density at radius 1 is 1.35 bits per heavy atom. The van der Waals surface area contributed by atoms with Gasteiger partial charge in [-0.2, -0.15) is 13.2 Å². The third-order valence-corrected chi connectivity index (χ3v) is 3.34. The van der Waals surface area contributed by atoms with Crippen molar-refractivity contribution in [2.45, 2.75) is 18.6 Å². The first-order valence-electron chi connectivity index (χ1n) is 5.06. The van der Waals surface area contributed by atoms with Crippen LogP contribution in [-0.2, 0) is 4.79 Å². The maximum absolute atomic E-state index is 12.8. The minimum absolute atomic E-state index is 0.105. The first-order valence-corrected chi connectivity index (χ1v) is 6.24. The second-order valence-electron chi connectivity index (χ2n) is 4.01. The normalized spacial score (nSPS) is 14.5. The van der Waals surface area contributed by atoms with Crippen molar-refractivity contribution >= 4 is 39.4 Å². The van der Waals surface area contributed by atoms with Gasteiger partial charge in [-0.05, 0) is 25.1 Å². The summed E-state index contributed by atoms with van der Waals surface area (Å²) in [4.78, 5) is 22.6. The zero-order valence-electron chi connectivity index (χ0n) is 9.89. The van der Waals surface area contributed by atoms with Gasteiger partial charge >= 0.3 is 12.1 Å². The van der Waals surface area contributed by atoms with Gasteiger partial charge in [0.2, 0.25) is 5.54 Å². The van der Waals surface area contributed by atoms with Gasteiger partial charge in [0.15, 0.2) is 0 Å². The lowest BCUT2D eigenvalue weighted by Gasteiger charge is -2.28. The van der Waals surface area contributed by atoms with Crippen molar-refractivity contribution in [3.05, 3.63) is 33.3 Å². The Balaban J connectivity index is 3.13. The summed E-state index contributed by atoms with van der Waals surface area (Å²) in [6.45, 7) is 0.361. The molecule has 4 nitrogen and oxygen atoms in total. The number of carboxylic acids is 1. The van der Waals surface area contributed by atoms with Crippen LogP contribution in [0.15, 0.2) is 22.7 Å². The minimum atomic E-state index is -5.16. The molecule has 0 aliphatic carbocycles. The fourth-order valence-electron chi connectivity index (χ4n) is 1.21. The molecule has 0 saturated carbocycles. The Morgan fingerprint density at radius 3 is 2.30 bits per heavy atom. The van der Waals surface area contributed by atoms with Gasteiger partial charge in [0.05, 0.1) is 10.6 Å². The van der Waals surface area contributed by atoms with Crippen LogP contribution >= 0.6 is 27.5 Å². The predicted molar refractivity (Wildman–Crippen MR) is 68.7 cm³/mol. The minimum Gasteiger partial charge on any atom is -0.479 e. The van der Waals surface area contributed by atoms with E-state index in [1.165, 1.54) is 23.5 Å². The SMILES string of the molecule is CC(NC(=O)c1ccc(Br)cc1Cl)(C(=O)O)C(F)(F)F. The third kappa shape index (κ3) is 3.24. The fourth-order valence-corrected chi connectivity index (χ4v) is 1.97. The molecule has 110 valence electrons. The zero-order chi connectivity index (χ0) is 15.7. The molecule has 0 spiro atoms. The average Bonchev–Trinajstić information content (AvgIpc) is 2.26. The Labute approximate surface area is 125 Å². The molecule has 0 aliphatic heterocycles. The molecular weight excluding hydrogens is 366 g/mol. The summed E-state index contributed by atoms with van der Waals surface area (Å²) < 4.78 is 38.8. The van der Waals surface area contributed by atoms with Gasteiger partial charge in [-0.3, -0.25) is 4.79 Å². The van der Waals surface area contributed by atoms with Gasteiger partial charge in [-0.1, -0.05) is 27.5 Å². The number of amides is 1. The highest BCUT2D eigenvalue weighted by Gasteiger charge is 2.58. The Morgan fingerprint density at radius 2 is 1.90 bits per heavy atom. The summed E-state index contributed by atoms with van der Waals surface area (Å²) in [6.07, 6.45) is -5.16. The van der Waals surface area contributed by atoms with Crippen LogP contribution < -0.4 is 5.32 Å². The molecule has 0 bridgehead atoms. The second-order valence-corrected chi connectivity index (χ2v) is 5.33. The van der Waals surface area contributed by atoms with E-state index in [0.717, 1.165) is 0 Å². The van der Waals surface area contributed by atoms with Crippen LogP contribution in [0.4, 0.5) is 13.2 Å². The lowest BCUT2D eigenvalue weighted by molar-refractivity contribution is -0.203. The molecule has 1 atom stereocenters. The summed E-state index contributed by atoms with van der Waals surface area (Å²) in [5.74, 6) is -3.45. The van der Waals surface area contributed by atoms with Crippen molar-refractivity contribution in [1.82, 2.24) is 5.32 Å². The monoisotopic (exact) mass is 373 g/mol. The summed E-state index contributed by atoms with van der Waals surface area (Å²) in [6, 6.07) is 3.88. The summed E-state index contributed by atoms with van der Waals surface area (Å²) in [7, 11) is 0. The van der Waals surface area contributed by atoms with Gasteiger partial charge in [-0.25, -0.2) is 4.79 Å². The van der Waals surface area contributed by atoms with Gasteiger partial charge in [0.1, 0.15) is 0 Å². The Bertz CT molecular complexity index is 564. The van der Waals surface area contributed by atoms with Crippen LogP contribution in [0.25, 0.3) is 0 Å². The molecule has 1 aromatic carbocycles. The predicted octanol–water partition coefficient (Wildman–Crippen LogP) is 3.24. The highest BCUT2D eigenvalue weighted by molar-refractivity contribution is 9.10. The lowest BCUT2D eigenvalue weighted by Crippen LogP contribution is -2.61. The van der Waals surface area contributed by atoms with Crippen molar-refractivity contribution < 1.29 is 27.9 Å². The smallest absolute Gasteiger partial charge is 0.422 e. The molecule has 0 radical (unpaired) electrons. The van der Waals surface area contributed by atoms with E-state index in [1.807, 2.05) is 0 Å². The first kappa shape index (κ1) is 16.8. The summed E-state index contributed by atoms with van der Waals surface area (Å²) >= 11 is 8.80. The number of rotatable bonds is 3. The van der Waals surface area contributed by atoms with Crippen molar-refractivity contribution in [1.29, 1.82) is 0 Å². The molecule has 20 heavy (non-hydrogen) atoms. The van der Waals surface area contributed by atoms with E-state index in [4.69, 9.17) is 16.7 Å². The van der Waals surface area contributed by atoms with Crippen LogP contribution in [0.2, 0.25) is 5.02 Å². The fraction of sp³-hybridized carbons (Fsp3) is 0.273. The van der Waals surface area contributed by atoms with E-state index in [9.17, 15) is 22.8 Å². The number of alkyl halides is 3. The van der Waals surface area contributed by atoms with Crippen LogP contribution in [0.5, 0.6) is 0 Å². The molecule has 9 heteroatoms. The van der Waals surface area contributed by atoms with E-state index < -0.39 is 23.6 Å². The van der Waals surface area contributed by atoms with E-state index in [0.29, 0.717) is 11.4 Å². The third-order valence-electron chi connectivity index (χ3n) is 2.53. The van der Waals surface area contributed by atoms with E-state index in [-0.39, 0.29) is 10.6 Å². The zero-order valence-corrected chi connectivity index (χ0v) is 12.2. The van der Waals surface area contributed by atoms with Gasteiger partial charge < -0.3 is 10.4 Å². The maximum atomic E-state index is 12.8. The number of halogens is 5. The number of hydrogen-bond acceptors (Lipinski definition) is 2. The largest absolute Gasteiger partial charge is 0.479 e. The van der Waals surface area contributed by atoms with Gasteiger partial charge in [0, 0.05) is 4.47 Å². The van der Waals surface area contributed by atoms with Crippen molar-refractivity contribution in [2.24, 2.45) is 0 Å². The second kappa shape index (κ2) is 5.61. The standard InChI is InChI=1S/C11H8BrClF3NO3/c1-10(9(19)20,11(14,15)16)17-8(18)6-3-2-5(12)4-7(6)13/h2-4H,1H3,(H,17,18)(H,19,20). The Hall–Kier alpha value is -1.28. The number of nitrogens with one attached hydrogen (secondary N) is 1. The topological polar surface area (TPSA) is 66.4 Å². The summed E-state index contributed by atoms with van der Waals surface area (Å²) in [5, 5.41) is 10.0. The molecule has 0 aromatic heterocycles. The van der Waals surface area contributed by atoms with Crippen LogP contribution in [0.1, 0.15) is 17.3 Å². The molecule has 0 saturated heterocycles. The molecule has 1 aromatic rings. The highest BCUT2D eigenvalue weighted by atomic mass is 79.9. The average molecular weight is 375 g/mol. The number of benzene rings is 1. The molecule has 1 rings (SSSR count). The van der Waals surface area contributed by atoms with E-state index in [2.05, 4.69) is 15.9 Å². The van der Waals surface area contributed by atoms with Crippen LogP contribution in [0.3, 0.4) is 0 Å². The number of carbonyl (C=O) groups is 2. The number of hydrogen-bond donors (Lipinski definition) is 2. The number of aliphatic carboxylic acids is 1. The van der Waals surface area contributed by atoms with Crippen LogP contribution in [-0.4, -0.2) is 28.7 Å². The maximum Gasteiger partial charge on any atom is 0.422 e. The highest BCUT2D eigenvalue weighted by Crippen LogP contribution is 2.31. The van der Waals surface area contributed by atoms with Crippen molar-refractivity contribution in [3.8, 4) is 0 Å². The van der Waals surface area contributed by atoms with E-state index >= 15 is 0 Å². The number of carboxylic acid groups (broad SMARTS) is 1. The molecule has 0 aliphatic rings. The van der Waals surface area contributed by atoms with Crippen LogP contribution in [0, 0.1) is 0 Å². The lowest BCUT2D eigenvalue weighted by atomic mass is 10.0. The van der Waals surface area contributed by atoms with Crippen molar-refractivity contribution in [2.75, 3.05) is 0 Å². The molecule has 0 heterocycles.